The quantitative estimate of drug-likeness (QED) is 0.537. The fourth-order valence-electron chi connectivity index (χ4n) is 4.26. The number of hydrogen-bond donors (Lipinski definition) is 1. The lowest BCUT2D eigenvalue weighted by Gasteiger charge is -2.32. The van der Waals surface area contributed by atoms with Crippen molar-refractivity contribution in [2.45, 2.75) is 33.2 Å². The molecule has 2 heterocycles. The van der Waals surface area contributed by atoms with Gasteiger partial charge in [0, 0.05) is 29.2 Å². The molecule has 2 aromatic carbocycles. The third-order valence-electron chi connectivity index (χ3n) is 6.06. The number of ether oxygens (including phenoxy) is 1. The van der Waals surface area contributed by atoms with Crippen LogP contribution in [0.1, 0.15) is 25.3 Å². The van der Waals surface area contributed by atoms with Gasteiger partial charge in [0.15, 0.2) is 0 Å². The van der Waals surface area contributed by atoms with Crippen molar-refractivity contribution < 1.29 is 14.3 Å². The van der Waals surface area contributed by atoms with Gasteiger partial charge in [0.05, 0.1) is 18.0 Å². The van der Waals surface area contributed by atoms with Crippen LogP contribution in [0, 0.1) is 12.8 Å². The van der Waals surface area contributed by atoms with Crippen LogP contribution in [0.5, 0.6) is 0 Å². The van der Waals surface area contributed by atoms with Crippen LogP contribution in [-0.4, -0.2) is 41.1 Å². The van der Waals surface area contributed by atoms with Gasteiger partial charge in [-0.05, 0) is 56.5 Å². The fourth-order valence-corrected chi connectivity index (χ4v) is 4.43. The topological polar surface area (TPSA) is 93.5 Å². The van der Waals surface area contributed by atoms with Crippen LogP contribution in [0.25, 0.3) is 10.9 Å². The summed E-state index contributed by atoms with van der Waals surface area (Å²) in [6.07, 6.45) is 1.28. The van der Waals surface area contributed by atoms with Gasteiger partial charge in [0.2, 0.25) is 5.91 Å². The zero-order valence-electron chi connectivity index (χ0n) is 19.2. The van der Waals surface area contributed by atoms with Crippen LogP contribution in [0.15, 0.2) is 47.3 Å². The number of amides is 1. The van der Waals surface area contributed by atoms with Gasteiger partial charge >= 0.3 is 11.7 Å². The molecule has 0 atom stereocenters. The highest BCUT2D eigenvalue weighted by Gasteiger charge is 2.28. The predicted molar refractivity (Wildman–Crippen MR) is 132 cm³/mol. The van der Waals surface area contributed by atoms with Crippen molar-refractivity contribution in [2.75, 3.05) is 29.9 Å². The number of benzene rings is 2. The van der Waals surface area contributed by atoms with E-state index >= 15 is 0 Å². The van der Waals surface area contributed by atoms with Crippen LogP contribution < -0.4 is 15.9 Å². The van der Waals surface area contributed by atoms with Gasteiger partial charge in [-0.15, -0.1) is 0 Å². The molecule has 0 unspecified atom stereocenters. The third kappa shape index (κ3) is 5.07. The Balaban J connectivity index is 1.58. The van der Waals surface area contributed by atoms with E-state index < -0.39 is 5.69 Å². The van der Waals surface area contributed by atoms with Gasteiger partial charge in [-0.3, -0.25) is 14.2 Å². The molecule has 1 aliphatic heterocycles. The van der Waals surface area contributed by atoms with Crippen molar-refractivity contribution in [3.05, 3.63) is 63.5 Å². The summed E-state index contributed by atoms with van der Waals surface area (Å²) in [4.78, 5) is 44.2. The van der Waals surface area contributed by atoms with E-state index in [-0.39, 0.29) is 24.3 Å². The Morgan fingerprint density at radius 3 is 2.65 bits per heavy atom. The maximum atomic E-state index is 13.0. The van der Waals surface area contributed by atoms with Crippen LogP contribution in [0.2, 0.25) is 5.02 Å². The molecule has 3 aromatic rings. The molecule has 1 amide bonds. The Morgan fingerprint density at radius 2 is 1.91 bits per heavy atom. The normalized spacial score (nSPS) is 14.3. The van der Waals surface area contributed by atoms with Crippen LogP contribution >= 0.6 is 11.6 Å². The Kier molecular flexibility index (Phi) is 7.17. The Morgan fingerprint density at radius 1 is 1.18 bits per heavy atom. The minimum Gasteiger partial charge on any atom is -0.466 e. The number of para-hydroxylation sites is 1. The van der Waals surface area contributed by atoms with Crippen LogP contribution in [-0.2, 0) is 20.9 Å². The van der Waals surface area contributed by atoms with Crippen molar-refractivity contribution in [3.8, 4) is 0 Å². The van der Waals surface area contributed by atoms with E-state index in [1.165, 1.54) is 4.57 Å². The van der Waals surface area contributed by atoms with E-state index in [0.29, 0.717) is 54.6 Å². The van der Waals surface area contributed by atoms with E-state index in [2.05, 4.69) is 10.3 Å². The number of aromatic nitrogens is 2. The highest BCUT2D eigenvalue weighted by atomic mass is 35.5. The summed E-state index contributed by atoms with van der Waals surface area (Å²) in [5, 5.41) is 4.13. The molecule has 1 N–H and O–H groups in total. The lowest BCUT2D eigenvalue weighted by atomic mass is 9.97. The Hall–Kier alpha value is -3.39. The molecular formula is C25H27ClN4O4. The number of piperidine rings is 1. The zero-order valence-corrected chi connectivity index (χ0v) is 20.0. The predicted octanol–water partition coefficient (Wildman–Crippen LogP) is 3.78. The number of anilines is 2. The Bertz CT molecular complexity index is 1280. The molecule has 1 aliphatic rings. The fraction of sp³-hybridized carbons (Fsp3) is 0.360. The highest BCUT2D eigenvalue weighted by Crippen LogP contribution is 2.28. The SMILES string of the molecule is CCOC(=O)C1CCN(c2nc(=O)n(CC(=O)Nc3cc(Cl)ccc3C)c3ccccc23)CC1. The van der Waals surface area contributed by atoms with E-state index in [4.69, 9.17) is 16.3 Å². The number of halogens is 1. The number of esters is 1. The lowest BCUT2D eigenvalue weighted by molar-refractivity contribution is -0.148. The summed E-state index contributed by atoms with van der Waals surface area (Å²) in [5.41, 5.74) is 1.60. The summed E-state index contributed by atoms with van der Waals surface area (Å²) in [5.74, 6) is -0.0783. The van der Waals surface area contributed by atoms with Crippen LogP contribution in [0.4, 0.5) is 11.5 Å². The molecule has 0 aliphatic carbocycles. The number of nitrogens with one attached hydrogen (secondary N) is 1. The van der Waals surface area contributed by atoms with Gasteiger partial charge < -0.3 is 15.0 Å². The second-order valence-electron chi connectivity index (χ2n) is 8.34. The molecular weight excluding hydrogens is 456 g/mol. The number of fused-ring (bicyclic) bond motifs is 1. The molecule has 0 bridgehead atoms. The average Bonchev–Trinajstić information content (AvgIpc) is 2.83. The second kappa shape index (κ2) is 10.3. The van der Waals surface area contributed by atoms with Gasteiger partial charge in [0.1, 0.15) is 12.4 Å². The number of hydrogen-bond acceptors (Lipinski definition) is 6. The maximum Gasteiger partial charge on any atom is 0.350 e. The molecule has 0 radical (unpaired) electrons. The molecule has 1 aromatic heterocycles. The van der Waals surface area contributed by atoms with Crippen molar-refractivity contribution in [3.63, 3.8) is 0 Å². The standard InChI is InChI=1S/C25H27ClN4O4/c1-3-34-24(32)17-10-12-29(13-11-17)23-19-6-4-5-7-21(19)30(25(33)28-23)15-22(31)27-20-14-18(26)9-8-16(20)2/h4-9,14,17H,3,10-13,15H2,1-2H3,(H,27,31). The average molecular weight is 483 g/mol. The van der Waals surface area contributed by atoms with Gasteiger partial charge in [-0.25, -0.2) is 4.79 Å². The van der Waals surface area contributed by atoms with Crippen molar-refractivity contribution in [1.29, 1.82) is 0 Å². The first kappa shape index (κ1) is 23.8. The lowest BCUT2D eigenvalue weighted by Crippen LogP contribution is -2.39. The second-order valence-corrected chi connectivity index (χ2v) is 8.78. The third-order valence-corrected chi connectivity index (χ3v) is 6.29. The van der Waals surface area contributed by atoms with Crippen LogP contribution in [0.3, 0.4) is 0 Å². The monoisotopic (exact) mass is 482 g/mol. The maximum absolute atomic E-state index is 13.0. The summed E-state index contributed by atoms with van der Waals surface area (Å²) >= 11 is 6.05. The summed E-state index contributed by atoms with van der Waals surface area (Å²) in [6, 6.07) is 12.7. The number of nitrogens with zero attached hydrogens (tertiary/aromatic N) is 3. The van der Waals surface area contributed by atoms with Gasteiger partial charge in [-0.1, -0.05) is 29.8 Å². The van der Waals surface area contributed by atoms with E-state index in [1.807, 2.05) is 42.2 Å². The minimum absolute atomic E-state index is 0.138. The van der Waals surface area contributed by atoms with E-state index in [0.717, 1.165) is 10.9 Å². The molecule has 1 saturated heterocycles. The Labute approximate surface area is 202 Å². The molecule has 8 nitrogen and oxygen atoms in total. The van der Waals surface area contributed by atoms with E-state index in [1.54, 1.807) is 19.1 Å². The number of carbonyl (C=O) groups excluding carboxylic acids is 2. The first-order chi connectivity index (χ1) is 16.4. The largest absolute Gasteiger partial charge is 0.466 e. The molecule has 0 spiro atoms. The summed E-state index contributed by atoms with van der Waals surface area (Å²) in [6.45, 7) is 5.05. The molecule has 34 heavy (non-hydrogen) atoms. The highest BCUT2D eigenvalue weighted by molar-refractivity contribution is 6.31. The molecule has 178 valence electrons. The molecule has 4 rings (SSSR count). The number of aryl methyl sites for hydroxylation is 1. The smallest absolute Gasteiger partial charge is 0.350 e. The first-order valence-electron chi connectivity index (χ1n) is 11.3. The van der Waals surface area contributed by atoms with E-state index in [9.17, 15) is 14.4 Å². The number of rotatable bonds is 6. The zero-order chi connectivity index (χ0) is 24.2. The molecule has 0 saturated carbocycles. The minimum atomic E-state index is -0.501. The van der Waals surface area contributed by atoms with Gasteiger partial charge in [0.25, 0.3) is 0 Å². The summed E-state index contributed by atoms with van der Waals surface area (Å²) in [7, 11) is 0. The summed E-state index contributed by atoms with van der Waals surface area (Å²) < 4.78 is 6.52. The van der Waals surface area contributed by atoms with Crippen molar-refractivity contribution in [2.24, 2.45) is 5.92 Å². The number of carbonyl (C=O) groups is 2. The van der Waals surface area contributed by atoms with Crippen molar-refractivity contribution >= 4 is 45.9 Å². The van der Waals surface area contributed by atoms with Crippen molar-refractivity contribution in [1.82, 2.24) is 9.55 Å². The molecule has 9 heteroatoms. The first-order valence-corrected chi connectivity index (χ1v) is 11.7. The molecule has 1 fully saturated rings. The van der Waals surface area contributed by atoms with Gasteiger partial charge in [-0.2, -0.15) is 4.98 Å².